The molecule has 2 nitrogen and oxygen atoms in total. The molecule has 0 atom stereocenters. The molecular formula is C18H13BrClFO2. The average molecular weight is 396 g/mol. The maximum Gasteiger partial charge on any atom is 0.149 e. The molecular weight excluding hydrogens is 383 g/mol. The molecule has 0 aliphatic carbocycles. The van der Waals surface area contributed by atoms with Gasteiger partial charge in [-0.2, -0.15) is 0 Å². The second-order valence-corrected chi connectivity index (χ2v) is 6.19. The third-order valence-corrected chi connectivity index (χ3v) is 4.62. The van der Waals surface area contributed by atoms with Crippen LogP contribution in [0.2, 0.25) is 5.02 Å². The Hall–Kier alpha value is -1.78. The van der Waals surface area contributed by atoms with Gasteiger partial charge in [-0.1, -0.05) is 23.7 Å². The van der Waals surface area contributed by atoms with Crippen molar-refractivity contribution in [2.75, 3.05) is 14.2 Å². The summed E-state index contributed by atoms with van der Waals surface area (Å²) in [5.74, 6) is 0.823. The van der Waals surface area contributed by atoms with Crippen LogP contribution in [0.1, 0.15) is 0 Å². The summed E-state index contributed by atoms with van der Waals surface area (Å²) >= 11 is 9.37. The Morgan fingerprint density at radius 3 is 2.22 bits per heavy atom. The molecule has 23 heavy (non-hydrogen) atoms. The van der Waals surface area contributed by atoms with Crippen molar-refractivity contribution in [1.82, 2.24) is 0 Å². The van der Waals surface area contributed by atoms with Gasteiger partial charge < -0.3 is 9.47 Å². The molecule has 0 amide bonds. The van der Waals surface area contributed by atoms with Gasteiger partial charge in [0.1, 0.15) is 17.3 Å². The zero-order valence-electron chi connectivity index (χ0n) is 12.5. The molecule has 3 rings (SSSR count). The predicted molar refractivity (Wildman–Crippen MR) is 95.2 cm³/mol. The zero-order chi connectivity index (χ0) is 16.6. The van der Waals surface area contributed by atoms with Crippen molar-refractivity contribution in [1.29, 1.82) is 0 Å². The topological polar surface area (TPSA) is 18.5 Å². The van der Waals surface area contributed by atoms with Crippen LogP contribution in [0.15, 0.2) is 46.9 Å². The monoisotopic (exact) mass is 394 g/mol. The second-order valence-electron chi connectivity index (χ2n) is 4.92. The maximum atomic E-state index is 14.4. The van der Waals surface area contributed by atoms with Crippen molar-refractivity contribution in [2.24, 2.45) is 0 Å². The number of hydrogen-bond donors (Lipinski definition) is 0. The molecule has 0 aromatic heterocycles. The van der Waals surface area contributed by atoms with Gasteiger partial charge in [0.15, 0.2) is 0 Å². The molecule has 0 aliphatic heterocycles. The minimum absolute atomic E-state index is 0.0815. The van der Waals surface area contributed by atoms with Gasteiger partial charge in [0.25, 0.3) is 0 Å². The molecule has 0 aliphatic rings. The summed E-state index contributed by atoms with van der Waals surface area (Å²) in [6.07, 6.45) is 0. The van der Waals surface area contributed by atoms with Crippen LogP contribution in [0.3, 0.4) is 0 Å². The number of benzene rings is 3. The van der Waals surface area contributed by atoms with Gasteiger partial charge in [-0.05, 0) is 46.3 Å². The fourth-order valence-corrected chi connectivity index (χ4v) is 3.36. The Morgan fingerprint density at radius 1 is 0.870 bits per heavy atom. The van der Waals surface area contributed by atoms with Crippen LogP contribution in [-0.4, -0.2) is 14.2 Å². The van der Waals surface area contributed by atoms with E-state index in [1.165, 1.54) is 6.07 Å². The van der Waals surface area contributed by atoms with E-state index >= 15 is 0 Å². The van der Waals surface area contributed by atoms with Crippen LogP contribution >= 0.6 is 27.5 Å². The highest BCUT2D eigenvalue weighted by Crippen LogP contribution is 2.43. The van der Waals surface area contributed by atoms with E-state index in [1.807, 2.05) is 24.3 Å². The number of halogens is 3. The van der Waals surface area contributed by atoms with Crippen LogP contribution in [-0.2, 0) is 0 Å². The summed E-state index contributed by atoms with van der Waals surface area (Å²) in [5, 5.41) is 1.80. The normalized spacial score (nSPS) is 10.8. The summed E-state index contributed by atoms with van der Waals surface area (Å²) in [6.45, 7) is 0. The fraction of sp³-hybridized carbons (Fsp3) is 0.111. The van der Waals surface area contributed by atoms with Crippen molar-refractivity contribution in [3.63, 3.8) is 0 Å². The van der Waals surface area contributed by atoms with Gasteiger partial charge in [-0.15, -0.1) is 0 Å². The first kappa shape index (κ1) is 16.1. The molecule has 0 fully saturated rings. The Balaban J connectivity index is 2.36. The molecule has 118 valence electrons. The smallest absolute Gasteiger partial charge is 0.149 e. The summed E-state index contributed by atoms with van der Waals surface area (Å²) < 4.78 is 26.3. The lowest BCUT2D eigenvalue weighted by molar-refractivity contribution is 0.414. The number of rotatable bonds is 3. The molecule has 5 heteroatoms. The largest absolute Gasteiger partial charge is 0.495 e. The number of methoxy groups -OCH3 is 2. The van der Waals surface area contributed by atoms with E-state index in [2.05, 4.69) is 15.9 Å². The standard InChI is InChI=1S/C18H13BrClFO2/c1-22-17-11(10-4-3-5-15(20)16(10)21)6-7-13-12(17)8-9-14(19)18(13)23-2/h3-9H,1-2H3. The first-order valence-corrected chi connectivity index (χ1v) is 8.03. The molecule has 0 saturated carbocycles. The molecule has 0 spiro atoms. The number of ether oxygens (including phenoxy) is 2. The van der Waals surface area contributed by atoms with E-state index in [-0.39, 0.29) is 5.02 Å². The van der Waals surface area contributed by atoms with Crippen LogP contribution < -0.4 is 9.47 Å². The quantitative estimate of drug-likeness (QED) is 0.535. The highest BCUT2D eigenvalue weighted by atomic mass is 79.9. The molecule has 0 radical (unpaired) electrons. The second kappa shape index (κ2) is 6.38. The van der Waals surface area contributed by atoms with E-state index in [4.69, 9.17) is 21.1 Å². The van der Waals surface area contributed by atoms with Crippen LogP contribution in [0, 0.1) is 5.82 Å². The van der Waals surface area contributed by atoms with Crippen molar-refractivity contribution in [2.45, 2.75) is 0 Å². The Bertz CT molecular complexity index is 896. The van der Waals surface area contributed by atoms with Crippen molar-refractivity contribution in [3.8, 4) is 22.6 Å². The Morgan fingerprint density at radius 2 is 1.52 bits per heavy atom. The third-order valence-electron chi connectivity index (χ3n) is 3.70. The lowest BCUT2D eigenvalue weighted by Gasteiger charge is -2.15. The highest BCUT2D eigenvalue weighted by molar-refractivity contribution is 9.10. The van der Waals surface area contributed by atoms with E-state index in [0.29, 0.717) is 22.6 Å². The van der Waals surface area contributed by atoms with E-state index in [1.54, 1.807) is 26.4 Å². The SMILES string of the molecule is COc1c(Br)ccc2c(OC)c(-c3cccc(Cl)c3F)ccc12. The van der Waals surface area contributed by atoms with Crippen LogP contribution in [0.25, 0.3) is 21.9 Å². The summed E-state index contributed by atoms with van der Waals surface area (Å²) in [4.78, 5) is 0. The molecule has 0 bridgehead atoms. The van der Waals surface area contributed by atoms with E-state index in [0.717, 1.165) is 15.2 Å². The predicted octanol–water partition coefficient (Wildman–Crippen LogP) is 6.08. The Kier molecular flexibility index (Phi) is 4.46. The summed E-state index contributed by atoms with van der Waals surface area (Å²) in [5.41, 5.74) is 1.04. The minimum atomic E-state index is -0.462. The van der Waals surface area contributed by atoms with E-state index < -0.39 is 5.82 Å². The van der Waals surface area contributed by atoms with E-state index in [9.17, 15) is 4.39 Å². The molecule has 0 saturated heterocycles. The first-order chi connectivity index (χ1) is 11.1. The third kappa shape index (κ3) is 2.66. The number of fused-ring (bicyclic) bond motifs is 1. The Labute approximate surface area is 146 Å². The van der Waals surface area contributed by atoms with Gasteiger partial charge in [-0.25, -0.2) is 4.39 Å². The van der Waals surface area contributed by atoms with Gasteiger partial charge >= 0.3 is 0 Å². The lowest BCUT2D eigenvalue weighted by atomic mass is 9.98. The lowest BCUT2D eigenvalue weighted by Crippen LogP contribution is -1.94. The van der Waals surface area contributed by atoms with Gasteiger partial charge in [0.05, 0.1) is 23.7 Å². The molecule has 3 aromatic carbocycles. The summed E-state index contributed by atoms with van der Waals surface area (Å²) in [6, 6.07) is 12.4. The molecule has 0 heterocycles. The average Bonchev–Trinajstić information content (AvgIpc) is 2.56. The maximum absolute atomic E-state index is 14.4. The first-order valence-electron chi connectivity index (χ1n) is 6.86. The molecule has 0 N–H and O–H groups in total. The van der Waals surface area contributed by atoms with Crippen LogP contribution in [0.4, 0.5) is 4.39 Å². The summed E-state index contributed by atoms with van der Waals surface area (Å²) in [7, 11) is 3.17. The number of hydrogen-bond acceptors (Lipinski definition) is 2. The van der Waals surface area contributed by atoms with Gasteiger partial charge in [0.2, 0.25) is 0 Å². The zero-order valence-corrected chi connectivity index (χ0v) is 14.8. The molecule has 0 unspecified atom stereocenters. The van der Waals surface area contributed by atoms with Gasteiger partial charge in [-0.3, -0.25) is 0 Å². The minimum Gasteiger partial charge on any atom is -0.495 e. The fourth-order valence-electron chi connectivity index (χ4n) is 2.68. The van der Waals surface area contributed by atoms with Gasteiger partial charge in [0, 0.05) is 21.9 Å². The van der Waals surface area contributed by atoms with Crippen molar-refractivity contribution in [3.05, 3.63) is 57.8 Å². The van der Waals surface area contributed by atoms with Crippen LogP contribution in [0.5, 0.6) is 11.5 Å². The highest BCUT2D eigenvalue weighted by Gasteiger charge is 2.17. The van der Waals surface area contributed by atoms with Crippen molar-refractivity contribution < 1.29 is 13.9 Å². The van der Waals surface area contributed by atoms with Crippen molar-refractivity contribution >= 4 is 38.3 Å². The molecule has 3 aromatic rings.